The van der Waals surface area contributed by atoms with Crippen LogP contribution < -0.4 is 0 Å². The zero-order valence-electron chi connectivity index (χ0n) is 7.54. The van der Waals surface area contributed by atoms with Crippen LogP contribution in [0, 0.1) is 18.3 Å². The molecule has 0 fully saturated rings. The van der Waals surface area contributed by atoms with Crippen LogP contribution in [0.3, 0.4) is 0 Å². The van der Waals surface area contributed by atoms with Crippen LogP contribution in [0.1, 0.15) is 27.0 Å². The average Bonchev–Trinajstić information content (AvgIpc) is 2.17. The molecule has 72 valence electrons. The lowest BCUT2D eigenvalue weighted by Gasteiger charge is -2.05. The van der Waals surface area contributed by atoms with E-state index >= 15 is 0 Å². The number of nitriles is 1. The van der Waals surface area contributed by atoms with Crippen molar-refractivity contribution in [3.05, 3.63) is 34.4 Å². The number of rotatable bonds is 2. The first-order chi connectivity index (χ1) is 6.60. The van der Waals surface area contributed by atoms with E-state index in [4.69, 9.17) is 22.0 Å². The summed E-state index contributed by atoms with van der Waals surface area (Å²) in [5.41, 5.74) is 1.75. The third-order valence-electron chi connectivity index (χ3n) is 1.95. The lowest BCUT2D eigenvalue weighted by Crippen LogP contribution is -2.03. The molecule has 0 unspecified atom stereocenters. The van der Waals surface area contributed by atoms with Crippen LogP contribution in [-0.2, 0) is 5.88 Å². The maximum absolute atomic E-state index is 10.8. The van der Waals surface area contributed by atoms with Crippen molar-refractivity contribution < 1.29 is 9.90 Å². The number of hydrogen-bond acceptors (Lipinski definition) is 2. The first-order valence-electron chi connectivity index (χ1n) is 3.93. The first-order valence-corrected chi connectivity index (χ1v) is 4.46. The van der Waals surface area contributed by atoms with Gasteiger partial charge in [0, 0.05) is 5.88 Å². The van der Waals surface area contributed by atoms with Crippen molar-refractivity contribution in [1.82, 2.24) is 0 Å². The number of alkyl halides is 1. The molecule has 1 aromatic rings. The van der Waals surface area contributed by atoms with Gasteiger partial charge in [-0.3, -0.25) is 0 Å². The highest BCUT2D eigenvalue weighted by atomic mass is 35.5. The summed E-state index contributed by atoms with van der Waals surface area (Å²) in [6.07, 6.45) is 0. The third kappa shape index (κ3) is 1.86. The minimum Gasteiger partial charge on any atom is -0.478 e. The molecule has 1 rings (SSSR count). The van der Waals surface area contributed by atoms with Crippen molar-refractivity contribution in [2.45, 2.75) is 12.8 Å². The lowest BCUT2D eigenvalue weighted by atomic mass is 10.0. The van der Waals surface area contributed by atoms with Gasteiger partial charge in [-0.1, -0.05) is 0 Å². The number of carboxylic acids is 1. The van der Waals surface area contributed by atoms with Gasteiger partial charge >= 0.3 is 5.97 Å². The van der Waals surface area contributed by atoms with Gasteiger partial charge in [0.2, 0.25) is 0 Å². The van der Waals surface area contributed by atoms with Crippen molar-refractivity contribution >= 4 is 17.6 Å². The third-order valence-corrected chi connectivity index (χ3v) is 2.23. The molecule has 0 atom stereocenters. The molecule has 0 bridgehead atoms. The number of benzene rings is 1. The van der Waals surface area contributed by atoms with Gasteiger partial charge in [-0.25, -0.2) is 4.79 Å². The smallest absolute Gasteiger partial charge is 0.336 e. The Balaban J connectivity index is 3.41. The van der Waals surface area contributed by atoms with Crippen molar-refractivity contribution in [1.29, 1.82) is 5.26 Å². The van der Waals surface area contributed by atoms with Crippen molar-refractivity contribution in [3.63, 3.8) is 0 Å². The van der Waals surface area contributed by atoms with Gasteiger partial charge in [0.1, 0.15) is 0 Å². The summed E-state index contributed by atoms with van der Waals surface area (Å²) in [7, 11) is 0. The molecule has 0 saturated heterocycles. The van der Waals surface area contributed by atoms with E-state index in [1.54, 1.807) is 6.92 Å². The topological polar surface area (TPSA) is 61.1 Å². The number of carbonyl (C=O) groups is 1. The molecule has 1 aromatic carbocycles. The van der Waals surface area contributed by atoms with Crippen molar-refractivity contribution in [2.24, 2.45) is 0 Å². The quantitative estimate of drug-likeness (QED) is 0.761. The molecule has 0 amide bonds. The molecule has 0 aliphatic carbocycles. The van der Waals surface area contributed by atoms with Crippen molar-refractivity contribution in [3.8, 4) is 6.07 Å². The Hall–Kier alpha value is -1.53. The Kier molecular flexibility index (Phi) is 3.10. The zero-order chi connectivity index (χ0) is 10.7. The van der Waals surface area contributed by atoms with Crippen LogP contribution in [0.2, 0.25) is 0 Å². The maximum Gasteiger partial charge on any atom is 0.336 e. The summed E-state index contributed by atoms with van der Waals surface area (Å²) < 4.78 is 0. The standard InChI is InChI=1S/C10H8ClNO2/c1-6-2-9(10(13)14)7(4-11)3-8(6)5-12/h2-3H,4H2,1H3,(H,13,14). The zero-order valence-corrected chi connectivity index (χ0v) is 8.30. The molecule has 0 aromatic heterocycles. The summed E-state index contributed by atoms with van der Waals surface area (Å²) in [5, 5.41) is 17.6. The lowest BCUT2D eigenvalue weighted by molar-refractivity contribution is 0.0696. The van der Waals surface area contributed by atoms with E-state index in [0.717, 1.165) is 0 Å². The van der Waals surface area contributed by atoms with Gasteiger partial charge in [0.05, 0.1) is 17.2 Å². The predicted octanol–water partition coefficient (Wildman–Crippen LogP) is 2.30. The molecule has 0 aliphatic rings. The van der Waals surface area contributed by atoms with E-state index in [9.17, 15) is 4.79 Å². The number of halogens is 1. The normalized spacial score (nSPS) is 9.50. The van der Waals surface area contributed by atoms with Crippen LogP contribution >= 0.6 is 11.6 Å². The van der Waals surface area contributed by atoms with Gasteiger partial charge in [0.25, 0.3) is 0 Å². The summed E-state index contributed by atoms with van der Waals surface area (Å²) in [5.74, 6) is -0.926. The monoisotopic (exact) mass is 209 g/mol. The van der Waals surface area contributed by atoms with Gasteiger partial charge < -0.3 is 5.11 Å². The molecule has 3 nitrogen and oxygen atoms in total. The first kappa shape index (κ1) is 10.6. The molecule has 0 spiro atoms. The Morgan fingerprint density at radius 3 is 2.71 bits per heavy atom. The molecular weight excluding hydrogens is 202 g/mol. The second-order valence-electron chi connectivity index (χ2n) is 2.87. The Bertz CT molecular complexity index is 421. The minimum absolute atomic E-state index is 0.0938. The molecular formula is C10H8ClNO2. The number of nitrogens with zero attached hydrogens (tertiary/aromatic N) is 1. The maximum atomic E-state index is 10.8. The van der Waals surface area contributed by atoms with E-state index in [-0.39, 0.29) is 11.4 Å². The molecule has 4 heteroatoms. The molecule has 0 saturated carbocycles. The summed E-state index contributed by atoms with van der Waals surface area (Å²) in [6.45, 7) is 1.70. The fourth-order valence-electron chi connectivity index (χ4n) is 1.18. The van der Waals surface area contributed by atoms with Gasteiger partial charge in [-0.15, -0.1) is 11.6 Å². The number of aryl methyl sites for hydroxylation is 1. The van der Waals surface area contributed by atoms with Crippen LogP contribution in [0.5, 0.6) is 0 Å². The Morgan fingerprint density at radius 2 is 2.29 bits per heavy atom. The van der Waals surface area contributed by atoms with Crippen LogP contribution in [0.4, 0.5) is 0 Å². The van der Waals surface area contributed by atoms with Crippen LogP contribution in [0.25, 0.3) is 0 Å². The van der Waals surface area contributed by atoms with E-state index < -0.39 is 5.97 Å². The second-order valence-corrected chi connectivity index (χ2v) is 3.14. The van der Waals surface area contributed by atoms with E-state index in [0.29, 0.717) is 16.7 Å². The van der Waals surface area contributed by atoms with E-state index in [1.165, 1.54) is 12.1 Å². The van der Waals surface area contributed by atoms with Gasteiger partial charge in [-0.2, -0.15) is 5.26 Å². The molecule has 0 radical (unpaired) electrons. The highest BCUT2D eigenvalue weighted by Crippen LogP contribution is 2.18. The van der Waals surface area contributed by atoms with E-state index in [1.807, 2.05) is 6.07 Å². The van der Waals surface area contributed by atoms with E-state index in [2.05, 4.69) is 0 Å². The Morgan fingerprint density at radius 1 is 1.64 bits per heavy atom. The minimum atomic E-state index is -1.02. The average molecular weight is 210 g/mol. The van der Waals surface area contributed by atoms with Crippen LogP contribution in [0.15, 0.2) is 12.1 Å². The highest BCUT2D eigenvalue weighted by molar-refractivity contribution is 6.17. The number of aromatic carboxylic acids is 1. The predicted molar refractivity (Wildman–Crippen MR) is 52.4 cm³/mol. The van der Waals surface area contributed by atoms with Crippen molar-refractivity contribution in [2.75, 3.05) is 0 Å². The second kappa shape index (κ2) is 4.12. The summed E-state index contributed by atoms with van der Waals surface area (Å²) in [4.78, 5) is 10.8. The highest BCUT2D eigenvalue weighted by Gasteiger charge is 2.11. The molecule has 0 aliphatic heterocycles. The van der Waals surface area contributed by atoms with Gasteiger partial charge in [0.15, 0.2) is 0 Å². The summed E-state index contributed by atoms with van der Waals surface area (Å²) >= 11 is 5.58. The number of hydrogen-bond donors (Lipinski definition) is 1. The fraction of sp³-hybridized carbons (Fsp3) is 0.200. The SMILES string of the molecule is Cc1cc(C(=O)O)c(CCl)cc1C#N. The Labute approximate surface area is 86.5 Å². The van der Waals surface area contributed by atoms with Gasteiger partial charge in [-0.05, 0) is 30.2 Å². The largest absolute Gasteiger partial charge is 0.478 e. The molecule has 1 N–H and O–H groups in total. The molecule has 14 heavy (non-hydrogen) atoms. The number of carboxylic acid groups (broad SMARTS) is 1. The summed E-state index contributed by atoms with van der Waals surface area (Å²) in [6, 6.07) is 4.97. The van der Waals surface area contributed by atoms with Crippen LogP contribution in [-0.4, -0.2) is 11.1 Å². The fourth-order valence-corrected chi connectivity index (χ4v) is 1.40. The molecule has 0 heterocycles.